The van der Waals surface area contributed by atoms with Crippen molar-refractivity contribution in [3.63, 3.8) is 0 Å². The predicted molar refractivity (Wildman–Crippen MR) is 81.2 cm³/mol. The SMILES string of the molecule is CCC(C)C1NC(=O)C(C)(C)N(CCCC(C)C)C1=O. The highest BCUT2D eigenvalue weighted by Crippen LogP contribution is 2.25. The van der Waals surface area contributed by atoms with Crippen LogP contribution in [0, 0.1) is 11.8 Å². The second-order valence-corrected chi connectivity index (χ2v) is 6.92. The van der Waals surface area contributed by atoms with Crippen LogP contribution < -0.4 is 5.32 Å². The molecule has 2 unspecified atom stereocenters. The fourth-order valence-electron chi connectivity index (χ4n) is 2.61. The van der Waals surface area contributed by atoms with E-state index in [2.05, 4.69) is 19.2 Å². The van der Waals surface area contributed by atoms with E-state index < -0.39 is 5.54 Å². The van der Waals surface area contributed by atoms with Crippen LogP contribution in [0.2, 0.25) is 0 Å². The molecular formula is C16H30N2O2. The minimum absolute atomic E-state index is 0.0352. The van der Waals surface area contributed by atoms with Gasteiger partial charge in [0.2, 0.25) is 11.8 Å². The molecule has 1 heterocycles. The van der Waals surface area contributed by atoms with Gasteiger partial charge in [-0.3, -0.25) is 9.59 Å². The minimum atomic E-state index is -0.738. The molecule has 0 saturated carbocycles. The summed E-state index contributed by atoms with van der Waals surface area (Å²) in [6.45, 7) is 12.8. The molecule has 1 N–H and O–H groups in total. The molecule has 0 bridgehead atoms. The number of carbonyl (C=O) groups excluding carboxylic acids is 2. The van der Waals surface area contributed by atoms with Crippen LogP contribution in [0.25, 0.3) is 0 Å². The molecule has 0 aliphatic carbocycles. The number of piperazine rings is 1. The Morgan fingerprint density at radius 1 is 1.25 bits per heavy atom. The van der Waals surface area contributed by atoms with Crippen molar-refractivity contribution in [1.29, 1.82) is 0 Å². The van der Waals surface area contributed by atoms with Crippen LogP contribution in [0.15, 0.2) is 0 Å². The summed E-state index contributed by atoms with van der Waals surface area (Å²) in [7, 11) is 0. The zero-order chi connectivity index (χ0) is 15.5. The predicted octanol–water partition coefficient (Wildman–Crippen LogP) is 2.57. The molecule has 4 nitrogen and oxygen atoms in total. The van der Waals surface area contributed by atoms with Crippen LogP contribution in [-0.2, 0) is 9.59 Å². The normalized spacial score (nSPS) is 23.9. The number of nitrogens with one attached hydrogen (secondary N) is 1. The van der Waals surface area contributed by atoms with Gasteiger partial charge in [-0.1, -0.05) is 34.1 Å². The van der Waals surface area contributed by atoms with Crippen molar-refractivity contribution in [2.45, 2.75) is 72.4 Å². The van der Waals surface area contributed by atoms with Gasteiger partial charge >= 0.3 is 0 Å². The molecule has 0 radical (unpaired) electrons. The first-order valence-corrected chi connectivity index (χ1v) is 7.84. The second kappa shape index (κ2) is 6.59. The van der Waals surface area contributed by atoms with E-state index >= 15 is 0 Å². The van der Waals surface area contributed by atoms with Gasteiger partial charge in [0.05, 0.1) is 0 Å². The molecule has 1 saturated heterocycles. The van der Waals surface area contributed by atoms with E-state index in [1.165, 1.54) is 0 Å². The molecule has 1 aliphatic heterocycles. The maximum absolute atomic E-state index is 12.7. The molecule has 1 fully saturated rings. The standard InChI is InChI=1S/C16H30N2O2/c1-7-12(4)13-14(19)18(10-8-9-11(2)3)16(5,6)15(20)17-13/h11-13H,7-10H2,1-6H3,(H,17,20). The van der Waals surface area contributed by atoms with Crippen LogP contribution in [0.3, 0.4) is 0 Å². The summed E-state index contributed by atoms with van der Waals surface area (Å²) in [6.07, 6.45) is 2.92. The first-order chi connectivity index (χ1) is 9.21. The Morgan fingerprint density at radius 2 is 1.85 bits per heavy atom. The van der Waals surface area contributed by atoms with Crippen molar-refractivity contribution >= 4 is 11.8 Å². The zero-order valence-corrected chi connectivity index (χ0v) is 13.8. The molecular weight excluding hydrogens is 252 g/mol. The Bertz CT molecular complexity index is 363. The molecule has 0 aromatic rings. The first-order valence-electron chi connectivity index (χ1n) is 7.84. The lowest BCUT2D eigenvalue weighted by Gasteiger charge is -2.45. The number of nitrogens with zero attached hydrogens (tertiary/aromatic N) is 1. The molecule has 2 atom stereocenters. The Morgan fingerprint density at radius 3 is 2.35 bits per heavy atom. The van der Waals surface area contributed by atoms with Gasteiger partial charge in [-0.15, -0.1) is 0 Å². The Balaban J connectivity index is 2.84. The van der Waals surface area contributed by atoms with Gasteiger partial charge < -0.3 is 10.2 Å². The molecule has 2 amide bonds. The molecule has 4 heteroatoms. The van der Waals surface area contributed by atoms with Gasteiger partial charge in [0.1, 0.15) is 11.6 Å². The lowest BCUT2D eigenvalue weighted by atomic mass is 9.89. The summed E-state index contributed by atoms with van der Waals surface area (Å²) in [5.74, 6) is 0.840. The Hall–Kier alpha value is -1.06. The van der Waals surface area contributed by atoms with E-state index in [1.54, 1.807) is 4.90 Å². The van der Waals surface area contributed by atoms with Crippen molar-refractivity contribution < 1.29 is 9.59 Å². The Labute approximate surface area is 123 Å². The third kappa shape index (κ3) is 3.53. The highest BCUT2D eigenvalue weighted by atomic mass is 16.2. The van der Waals surface area contributed by atoms with Crippen LogP contribution in [0.4, 0.5) is 0 Å². The molecule has 1 rings (SSSR count). The van der Waals surface area contributed by atoms with Crippen molar-refractivity contribution in [2.75, 3.05) is 6.54 Å². The van der Waals surface area contributed by atoms with Gasteiger partial charge in [-0.25, -0.2) is 0 Å². The smallest absolute Gasteiger partial charge is 0.246 e. The quantitative estimate of drug-likeness (QED) is 0.814. The first kappa shape index (κ1) is 17.0. The largest absolute Gasteiger partial charge is 0.342 e. The molecule has 0 aromatic carbocycles. The lowest BCUT2D eigenvalue weighted by Crippen LogP contribution is -2.69. The monoisotopic (exact) mass is 282 g/mol. The van der Waals surface area contributed by atoms with Gasteiger partial charge in [0.25, 0.3) is 0 Å². The maximum atomic E-state index is 12.7. The summed E-state index contributed by atoms with van der Waals surface area (Å²) in [6, 6.07) is -0.362. The highest BCUT2D eigenvalue weighted by Gasteiger charge is 2.46. The van der Waals surface area contributed by atoms with Crippen molar-refractivity contribution in [3.8, 4) is 0 Å². The summed E-state index contributed by atoms with van der Waals surface area (Å²) < 4.78 is 0. The van der Waals surface area contributed by atoms with Gasteiger partial charge in [-0.2, -0.15) is 0 Å². The third-order valence-corrected chi connectivity index (χ3v) is 4.43. The van der Waals surface area contributed by atoms with E-state index in [1.807, 2.05) is 27.7 Å². The number of hydrogen-bond donors (Lipinski definition) is 1. The average Bonchev–Trinajstić information content (AvgIpc) is 2.37. The van der Waals surface area contributed by atoms with E-state index in [9.17, 15) is 9.59 Å². The molecule has 116 valence electrons. The van der Waals surface area contributed by atoms with Crippen molar-refractivity contribution in [2.24, 2.45) is 11.8 Å². The second-order valence-electron chi connectivity index (χ2n) is 6.92. The van der Waals surface area contributed by atoms with Crippen LogP contribution >= 0.6 is 0 Å². The fourth-order valence-corrected chi connectivity index (χ4v) is 2.61. The fraction of sp³-hybridized carbons (Fsp3) is 0.875. The lowest BCUT2D eigenvalue weighted by molar-refractivity contribution is -0.156. The zero-order valence-electron chi connectivity index (χ0n) is 13.8. The number of hydrogen-bond acceptors (Lipinski definition) is 2. The van der Waals surface area contributed by atoms with E-state index in [-0.39, 0.29) is 23.8 Å². The molecule has 20 heavy (non-hydrogen) atoms. The van der Waals surface area contributed by atoms with Gasteiger partial charge in [-0.05, 0) is 38.5 Å². The number of rotatable bonds is 6. The van der Waals surface area contributed by atoms with Gasteiger partial charge in [0.15, 0.2) is 0 Å². The summed E-state index contributed by atoms with van der Waals surface area (Å²) in [5.41, 5.74) is -0.738. The highest BCUT2D eigenvalue weighted by molar-refractivity contribution is 5.99. The van der Waals surface area contributed by atoms with Crippen LogP contribution in [0.5, 0.6) is 0 Å². The topological polar surface area (TPSA) is 49.4 Å². The van der Waals surface area contributed by atoms with E-state index in [0.717, 1.165) is 19.3 Å². The third-order valence-electron chi connectivity index (χ3n) is 4.43. The number of carbonyl (C=O) groups is 2. The maximum Gasteiger partial charge on any atom is 0.246 e. The Kier molecular flexibility index (Phi) is 5.60. The number of amides is 2. The summed E-state index contributed by atoms with van der Waals surface area (Å²) >= 11 is 0. The van der Waals surface area contributed by atoms with Crippen molar-refractivity contribution in [3.05, 3.63) is 0 Å². The van der Waals surface area contributed by atoms with E-state index in [4.69, 9.17) is 0 Å². The molecule has 1 aliphatic rings. The van der Waals surface area contributed by atoms with E-state index in [0.29, 0.717) is 12.5 Å². The van der Waals surface area contributed by atoms with Crippen LogP contribution in [-0.4, -0.2) is 34.8 Å². The average molecular weight is 282 g/mol. The minimum Gasteiger partial charge on any atom is -0.342 e. The van der Waals surface area contributed by atoms with Crippen LogP contribution in [0.1, 0.15) is 60.8 Å². The van der Waals surface area contributed by atoms with Gasteiger partial charge in [0, 0.05) is 6.54 Å². The summed E-state index contributed by atoms with van der Waals surface area (Å²) in [5, 5.41) is 2.91. The summed E-state index contributed by atoms with van der Waals surface area (Å²) in [4.78, 5) is 26.8. The molecule has 0 aromatic heterocycles. The van der Waals surface area contributed by atoms with Crippen molar-refractivity contribution in [1.82, 2.24) is 10.2 Å². The molecule has 0 spiro atoms.